The molecule has 0 spiro atoms. The number of carbonyl (C=O) groups excluding carboxylic acids is 1. The molecule has 1 aliphatic heterocycles. The molecule has 2 aromatic rings. The van der Waals surface area contributed by atoms with E-state index in [1.807, 2.05) is 0 Å². The molecule has 30 heavy (non-hydrogen) atoms. The largest absolute Gasteiger partial charge is 0.465 e. The normalized spacial score (nSPS) is 23.0. The molecule has 0 bridgehead atoms. The van der Waals surface area contributed by atoms with Crippen LogP contribution in [0.3, 0.4) is 0 Å². The molecule has 4 rings (SSSR count). The molecule has 0 saturated carbocycles. The highest BCUT2D eigenvalue weighted by atomic mass is 16.5. The highest BCUT2D eigenvalue weighted by Crippen LogP contribution is 2.45. The van der Waals surface area contributed by atoms with E-state index in [4.69, 9.17) is 29.1 Å². The summed E-state index contributed by atoms with van der Waals surface area (Å²) in [5.41, 5.74) is 6.69. The molecule has 2 heterocycles. The van der Waals surface area contributed by atoms with Crippen LogP contribution >= 0.6 is 0 Å². The number of hydrogen-bond donors (Lipinski definition) is 1. The number of para-hydroxylation sites is 1. The van der Waals surface area contributed by atoms with E-state index in [-0.39, 0.29) is 28.9 Å². The number of methoxy groups -OCH3 is 3. The Balaban J connectivity index is 1.99. The van der Waals surface area contributed by atoms with Crippen LogP contribution in [0.2, 0.25) is 0 Å². The molecule has 1 aromatic carbocycles. The summed E-state index contributed by atoms with van der Waals surface area (Å²) < 4.78 is 27.1. The number of fused-ring (bicyclic) bond motifs is 3. The van der Waals surface area contributed by atoms with Crippen LogP contribution in [-0.2, 0) is 19.0 Å². The maximum absolute atomic E-state index is 13.0. The van der Waals surface area contributed by atoms with Crippen molar-refractivity contribution < 1.29 is 28.2 Å². The molecular formula is C22H21NO7. The second-order valence-electron chi connectivity index (χ2n) is 6.86. The molecule has 8 heteroatoms. The van der Waals surface area contributed by atoms with Gasteiger partial charge in [0.05, 0.1) is 24.0 Å². The molecule has 0 amide bonds. The van der Waals surface area contributed by atoms with Gasteiger partial charge in [0, 0.05) is 14.2 Å². The predicted molar refractivity (Wildman–Crippen MR) is 108 cm³/mol. The number of rotatable bonds is 4. The van der Waals surface area contributed by atoms with Crippen molar-refractivity contribution in [2.75, 3.05) is 21.3 Å². The summed E-state index contributed by atoms with van der Waals surface area (Å²) in [5, 5.41) is 0.572. The predicted octanol–water partition coefficient (Wildman–Crippen LogP) is 2.14. The quantitative estimate of drug-likeness (QED) is 0.602. The molecule has 8 nitrogen and oxygen atoms in total. The average molecular weight is 411 g/mol. The van der Waals surface area contributed by atoms with Gasteiger partial charge in [-0.15, -0.1) is 0 Å². The van der Waals surface area contributed by atoms with Gasteiger partial charge in [-0.3, -0.25) is 0 Å². The number of carbonyl (C=O) groups is 1. The number of ether oxygens (including phenoxy) is 4. The molecule has 2 N–H and O–H groups in total. The van der Waals surface area contributed by atoms with Crippen molar-refractivity contribution in [2.45, 2.75) is 18.1 Å². The highest BCUT2D eigenvalue weighted by Gasteiger charge is 2.40. The maximum Gasteiger partial charge on any atom is 0.344 e. The van der Waals surface area contributed by atoms with Crippen molar-refractivity contribution in [3.8, 4) is 5.75 Å². The average Bonchev–Trinajstić information content (AvgIpc) is 2.77. The topological polar surface area (TPSA) is 110 Å². The fraction of sp³-hybridized carbons (Fsp3) is 0.273. The number of nitrogens with two attached hydrogens (primary N) is 1. The first-order valence-corrected chi connectivity index (χ1v) is 9.27. The Morgan fingerprint density at radius 1 is 1.10 bits per heavy atom. The van der Waals surface area contributed by atoms with Crippen molar-refractivity contribution in [2.24, 2.45) is 5.73 Å². The summed E-state index contributed by atoms with van der Waals surface area (Å²) in [5.74, 6) is -1.43. The maximum atomic E-state index is 13.0. The zero-order chi connectivity index (χ0) is 21.4. The van der Waals surface area contributed by atoms with Gasteiger partial charge in [0.1, 0.15) is 23.4 Å². The van der Waals surface area contributed by atoms with Gasteiger partial charge in [-0.25, -0.2) is 9.59 Å². The summed E-state index contributed by atoms with van der Waals surface area (Å²) in [6, 6.07) is 6.96. The van der Waals surface area contributed by atoms with Gasteiger partial charge in [0.2, 0.25) is 5.88 Å². The van der Waals surface area contributed by atoms with Crippen LogP contribution < -0.4 is 16.1 Å². The minimum absolute atomic E-state index is 0.0224. The Morgan fingerprint density at radius 3 is 2.53 bits per heavy atom. The fourth-order valence-corrected chi connectivity index (χ4v) is 3.87. The third-order valence-corrected chi connectivity index (χ3v) is 5.30. The van der Waals surface area contributed by atoms with Crippen LogP contribution in [0.15, 0.2) is 68.7 Å². The van der Waals surface area contributed by atoms with E-state index in [0.717, 1.165) is 0 Å². The van der Waals surface area contributed by atoms with E-state index in [2.05, 4.69) is 0 Å². The number of esters is 1. The second kappa shape index (κ2) is 7.81. The third-order valence-electron chi connectivity index (χ3n) is 5.30. The number of allylic oxidation sites excluding steroid dienone is 2. The SMILES string of the molecule is COC(=O)C1=C(N)Oc2c(c(=O)oc3ccccc23)[C@@H]1C1=C[C@@H](OC)[C@H](OC)C=C1. The lowest BCUT2D eigenvalue weighted by Gasteiger charge is -2.31. The van der Waals surface area contributed by atoms with Crippen molar-refractivity contribution in [3.63, 3.8) is 0 Å². The lowest BCUT2D eigenvalue weighted by atomic mass is 9.80. The summed E-state index contributed by atoms with van der Waals surface area (Å²) in [7, 11) is 4.36. The Hall–Kier alpha value is -3.36. The summed E-state index contributed by atoms with van der Waals surface area (Å²) >= 11 is 0. The molecule has 0 radical (unpaired) electrons. The van der Waals surface area contributed by atoms with Crippen molar-refractivity contribution in [3.05, 3.63) is 75.5 Å². The summed E-state index contributed by atoms with van der Waals surface area (Å²) in [6.07, 6.45) is 4.63. The molecule has 0 unspecified atom stereocenters. The first kappa shape index (κ1) is 19.9. The van der Waals surface area contributed by atoms with Gasteiger partial charge in [0.15, 0.2) is 5.75 Å². The van der Waals surface area contributed by atoms with Crippen LogP contribution in [0.1, 0.15) is 11.5 Å². The Labute approximate surface area is 172 Å². The molecule has 2 aliphatic rings. The lowest BCUT2D eigenvalue weighted by Crippen LogP contribution is -2.34. The molecule has 0 fully saturated rings. The van der Waals surface area contributed by atoms with E-state index in [0.29, 0.717) is 16.5 Å². The van der Waals surface area contributed by atoms with E-state index < -0.39 is 23.6 Å². The molecular weight excluding hydrogens is 390 g/mol. The van der Waals surface area contributed by atoms with Crippen LogP contribution in [0.5, 0.6) is 5.75 Å². The van der Waals surface area contributed by atoms with Crippen molar-refractivity contribution in [1.82, 2.24) is 0 Å². The minimum Gasteiger partial charge on any atom is -0.465 e. The van der Waals surface area contributed by atoms with Gasteiger partial charge in [-0.05, 0) is 23.8 Å². The Kier molecular flexibility index (Phi) is 5.19. The second-order valence-corrected chi connectivity index (χ2v) is 6.86. The Bertz CT molecular complexity index is 1160. The first-order chi connectivity index (χ1) is 14.5. The van der Waals surface area contributed by atoms with Gasteiger partial charge < -0.3 is 29.1 Å². The summed E-state index contributed by atoms with van der Waals surface area (Å²) in [6.45, 7) is 0. The van der Waals surface area contributed by atoms with E-state index in [1.54, 1.807) is 56.7 Å². The van der Waals surface area contributed by atoms with Gasteiger partial charge in [-0.1, -0.05) is 24.3 Å². The zero-order valence-corrected chi connectivity index (χ0v) is 16.7. The smallest absolute Gasteiger partial charge is 0.344 e. The third kappa shape index (κ3) is 3.10. The van der Waals surface area contributed by atoms with E-state index in [9.17, 15) is 9.59 Å². The first-order valence-electron chi connectivity index (χ1n) is 9.27. The fourth-order valence-electron chi connectivity index (χ4n) is 3.87. The van der Waals surface area contributed by atoms with Gasteiger partial charge in [0.25, 0.3) is 0 Å². The molecule has 1 aromatic heterocycles. The Morgan fingerprint density at radius 2 is 1.83 bits per heavy atom. The summed E-state index contributed by atoms with van der Waals surface area (Å²) in [4.78, 5) is 25.6. The molecule has 156 valence electrons. The monoisotopic (exact) mass is 411 g/mol. The van der Waals surface area contributed by atoms with Crippen molar-refractivity contribution in [1.29, 1.82) is 0 Å². The van der Waals surface area contributed by atoms with Gasteiger partial charge in [-0.2, -0.15) is 0 Å². The molecule has 0 saturated heterocycles. The minimum atomic E-state index is -0.853. The number of benzene rings is 1. The number of hydrogen-bond acceptors (Lipinski definition) is 8. The molecule has 3 atom stereocenters. The van der Waals surface area contributed by atoms with E-state index >= 15 is 0 Å². The van der Waals surface area contributed by atoms with Crippen LogP contribution in [0, 0.1) is 0 Å². The molecule has 1 aliphatic carbocycles. The highest BCUT2D eigenvalue weighted by molar-refractivity contribution is 5.94. The van der Waals surface area contributed by atoms with Crippen LogP contribution in [-0.4, -0.2) is 39.5 Å². The lowest BCUT2D eigenvalue weighted by molar-refractivity contribution is -0.136. The van der Waals surface area contributed by atoms with E-state index in [1.165, 1.54) is 7.11 Å². The van der Waals surface area contributed by atoms with Crippen LogP contribution in [0.25, 0.3) is 11.0 Å². The van der Waals surface area contributed by atoms with Crippen molar-refractivity contribution >= 4 is 16.9 Å². The zero-order valence-electron chi connectivity index (χ0n) is 16.7. The van der Waals surface area contributed by atoms with Crippen LogP contribution in [0.4, 0.5) is 0 Å². The van der Waals surface area contributed by atoms with Gasteiger partial charge >= 0.3 is 11.6 Å². The standard InChI is InChI=1S/C22H21NO7/c1-26-14-9-8-11(10-15(14)27-2)16-17-19(30-20(23)18(16)21(24)28-3)12-6-4-5-7-13(12)29-22(17)25/h4-10,14-16H,23H2,1-3H3/t14-,15-,16+/m1/s1.